The number of carbonyl (C=O) groups excluding carboxylic acids is 1. The molecule has 0 saturated heterocycles. The Morgan fingerprint density at radius 2 is 2.28 bits per heavy atom. The maximum absolute atomic E-state index is 12.1. The van der Waals surface area contributed by atoms with Gasteiger partial charge in [-0.05, 0) is 31.5 Å². The van der Waals surface area contributed by atoms with E-state index in [2.05, 4.69) is 15.5 Å². The van der Waals surface area contributed by atoms with Gasteiger partial charge in [-0.3, -0.25) is 9.89 Å². The average Bonchev–Trinajstić information content (AvgIpc) is 2.85. The molecule has 0 aliphatic rings. The molecule has 94 valence electrons. The Bertz CT molecular complexity index is 551. The van der Waals surface area contributed by atoms with E-state index < -0.39 is 0 Å². The van der Waals surface area contributed by atoms with Gasteiger partial charge in [0.15, 0.2) is 0 Å². The van der Waals surface area contributed by atoms with Gasteiger partial charge in [0.2, 0.25) is 0 Å². The van der Waals surface area contributed by atoms with Crippen LogP contribution in [0.5, 0.6) is 0 Å². The fraction of sp³-hybridized carbons (Fsp3) is 0.231. The predicted octanol–water partition coefficient (Wildman–Crippen LogP) is 2.86. The van der Waals surface area contributed by atoms with E-state index in [1.54, 1.807) is 24.5 Å². The molecule has 0 fully saturated rings. The quantitative estimate of drug-likeness (QED) is 0.895. The molecule has 1 amide bonds. The first-order chi connectivity index (χ1) is 8.58. The number of amides is 1. The number of carbonyl (C=O) groups is 1. The summed E-state index contributed by atoms with van der Waals surface area (Å²) in [6, 6.07) is 5.18. The summed E-state index contributed by atoms with van der Waals surface area (Å²) in [4.78, 5) is 12.1. The SMILES string of the molecule is Cc1ccc(Cl)cc1C(=O)NC(C)c1cn[nH]c1. The molecule has 0 bridgehead atoms. The van der Waals surface area contributed by atoms with Gasteiger partial charge < -0.3 is 5.32 Å². The van der Waals surface area contributed by atoms with E-state index in [0.29, 0.717) is 10.6 Å². The zero-order valence-electron chi connectivity index (χ0n) is 10.2. The van der Waals surface area contributed by atoms with Crippen molar-refractivity contribution in [1.82, 2.24) is 15.5 Å². The Labute approximate surface area is 110 Å². The number of H-pyrrole nitrogens is 1. The summed E-state index contributed by atoms with van der Waals surface area (Å²) in [6.45, 7) is 3.79. The van der Waals surface area contributed by atoms with E-state index in [-0.39, 0.29) is 11.9 Å². The molecule has 1 unspecified atom stereocenters. The predicted molar refractivity (Wildman–Crippen MR) is 70.7 cm³/mol. The van der Waals surface area contributed by atoms with Crippen LogP contribution in [0, 0.1) is 6.92 Å². The molecule has 1 aromatic heterocycles. The molecule has 0 spiro atoms. The highest BCUT2D eigenvalue weighted by Gasteiger charge is 2.14. The van der Waals surface area contributed by atoms with Gasteiger partial charge in [-0.1, -0.05) is 17.7 Å². The van der Waals surface area contributed by atoms with Crippen molar-refractivity contribution in [2.75, 3.05) is 0 Å². The van der Waals surface area contributed by atoms with E-state index in [1.165, 1.54) is 0 Å². The van der Waals surface area contributed by atoms with E-state index in [1.807, 2.05) is 19.9 Å². The second-order valence-electron chi connectivity index (χ2n) is 4.19. The molecule has 1 heterocycles. The fourth-order valence-corrected chi connectivity index (χ4v) is 1.87. The summed E-state index contributed by atoms with van der Waals surface area (Å²) >= 11 is 5.90. The van der Waals surface area contributed by atoms with Crippen LogP contribution in [0.15, 0.2) is 30.6 Å². The minimum Gasteiger partial charge on any atom is -0.345 e. The highest BCUT2D eigenvalue weighted by molar-refractivity contribution is 6.31. The summed E-state index contributed by atoms with van der Waals surface area (Å²) in [6.07, 6.45) is 3.45. The van der Waals surface area contributed by atoms with Crippen LogP contribution in [0.2, 0.25) is 5.02 Å². The van der Waals surface area contributed by atoms with Gasteiger partial charge in [-0.25, -0.2) is 0 Å². The smallest absolute Gasteiger partial charge is 0.252 e. The average molecular weight is 264 g/mol. The second kappa shape index (κ2) is 5.23. The minimum absolute atomic E-state index is 0.102. The minimum atomic E-state index is -0.135. The van der Waals surface area contributed by atoms with Gasteiger partial charge in [0, 0.05) is 22.3 Å². The van der Waals surface area contributed by atoms with Crippen LogP contribution in [0.4, 0.5) is 0 Å². The molecule has 0 aliphatic heterocycles. The Morgan fingerprint density at radius 3 is 2.94 bits per heavy atom. The lowest BCUT2D eigenvalue weighted by Crippen LogP contribution is -2.27. The molecule has 0 saturated carbocycles. The number of rotatable bonds is 3. The Kier molecular flexibility index (Phi) is 3.67. The van der Waals surface area contributed by atoms with E-state index in [9.17, 15) is 4.79 Å². The number of aromatic nitrogens is 2. The number of nitrogens with one attached hydrogen (secondary N) is 2. The Morgan fingerprint density at radius 1 is 1.50 bits per heavy atom. The van der Waals surface area contributed by atoms with Crippen LogP contribution in [-0.2, 0) is 0 Å². The molecule has 1 atom stereocenters. The zero-order valence-corrected chi connectivity index (χ0v) is 11.0. The van der Waals surface area contributed by atoms with Crippen LogP contribution >= 0.6 is 11.6 Å². The van der Waals surface area contributed by atoms with Crippen molar-refractivity contribution in [2.45, 2.75) is 19.9 Å². The standard InChI is InChI=1S/C13H14ClN3O/c1-8-3-4-11(14)5-12(8)13(18)17-9(2)10-6-15-16-7-10/h3-7,9H,1-2H3,(H,15,16)(H,17,18). The van der Waals surface area contributed by atoms with E-state index in [0.717, 1.165) is 11.1 Å². The molecule has 4 nitrogen and oxygen atoms in total. The van der Waals surface area contributed by atoms with Crippen LogP contribution in [0.3, 0.4) is 0 Å². The van der Waals surface area contributed by atoms with Gasteiger partial charge in [-0.15, -0.1) is 0 Å². The summed E-state index contributed by atoms with van der Waals surface area (Å²) < 4.78 is 0. The normalized spacial score (nSPS) is 12.2. The van der Waals surface area contributed by atoms with Crippen molar-refractivity contribution in [3.63, 3.8) is 0 Å². The Hall–Kier alpha value is -1.81. The first kappa shape index (κ1) is 12.6. The monoisotopic (exact) mass is 263 g/mol. The molecule has 2 N–H and O–H groups in total. The topological polar surface area (TPSA) is 57.8 Å². The molecule has 2 aromatic rings. The number of halogens is 1. The largest absolute Gasteiger partial charge is 0.345 e. The molecule has 2 rings (SSSR count). The van der Waals surface area contributed by atoms with Crippen LogP contribution in [0.1, 0.15) is 34.5 Å². The number of aromatic amines is 1. The van der Waals surface area contributed by atoms with Crippen LogP contribution in [-0.4, -0.2) is 16.1 Å². The van der Waals surface area contributed by atoms with Crippen molar-refractivity contribution in [3.05, 3.63) is 52.3 Å². The summed E-state index contributed by atoms with van der Waals surface area (Å²) in [7, 11) is 0. The van der Waals surface area contributed by atoms with Crippen molar-refractivity contribution in [3.8, 4) is 0 Å². The molecule has 1 aromatic carbocycles. The lowest BCUT2D eigenvalue weighted by Gasteiger charge is -2.13. The number of aryl methyl sites for hydroxylation is 1. The van der Waals surface area contributed by atoms with Gasteiger partial charge in [0.1, 0.15) is 0 Å². The summed E-state index contributed by atoms with van der Waals surface area (Å²) in [5.41, 5.74) is 2.43. The summed E-state index contributed by atoms with van der Waals surface area (Å²) in [5.74, 6) is -0.135. The molecule has 0 aliphatic carbocycles. The third kappa shape index (κ3) is 2.71. The fourth-order valence-electron chi connectivity index (χ4n) is 1.69. The lowest BCUT2D eigenvalue weighted by atomic mass is 10.1. The molecule has 18 heavy (non-hydrogen) atoms. The highest BCUT2D eigenvalue weighted by atomic mass is 35.5. The van der Waals surface area contributed by atoms with Crippen molar-refractivity contribution >= 4 is 17.5 Å². The molecular weight excluding hydrogens is 250 g/mol. The van der Waals surface area contributed by atoms with Crippen molar-refractivity contribution in [1.29, 1.82) is 0 Å². The number of hydrogen-bond acceptors (Lipinski definition) is 2. The maximum atomic E-state index is 12.1. The first-order valence-electron chi connectivity index (χ1n) is 5.63. The van der Waals surface area contributed by atoms with Crippen LogP contribution < -0.4 is 5.32 Å². The highest BCUT2D eigenvalue weighted by Crippen LogP contribution is 2.17. The first-order valence-corrected chi connectivity index (χ1v) is 6.01. The molecular formula is C13H14ClN3O. The van der Waals surface area contributed by atoms with Crippen LogP contribution in [0.25, 0.3) is 0 Å². The number of benzene rings is 1. The van der Waals surface area contributed by atoms with E-state index >= 15 is 0 Å². The maximum Gasteiger partial charge on any atom is 0.252 e. The Balaban J connectivity index is 2.15. The van der Waals surface area contributed by atoms with Gasteiger partial charge >= 0.3 is 0 Å². The van der Waals surface area contributed by atoms with Crippen molar-refractivity contribution in [2.24, 2.45) is 0 Å². The third-order valence-electron chi connectivity index (χ3n) is 2.81. The lowest BCUT2D eigenvalue weighted by molar-refractivity contribution is 0.0939. The number of nitrogens with zero attached hydrogens (tertiary/aromatic N) is 1. The van der Waals surface area contributed by atoms with Gasteiger partial charge in [-0.2, -0.15) is 5.10 Å². The zero-order chi connectivity index (χ0) is 13.1. The number of hydrogen-bond donors (Lipinski definition) is 2. The van der Waals surface area contributed by atoms with Gasteiger partial charge in [0.25, 0.3) is 5.91 Å². The second-order valence-corrected chi connectivity index (χ2v) is 4.62. The summed E-state index contributed by atoms with van der Waals surface area (Å²) in [5, 5.41) is 10.0. The molecule has 5 heteroatoms. The van der Waals surface area contributed by atoms with Crippen molar-refractivity contribution < 1.29 is 4.79 Å². The third-order valence-corrected chi connectivity index (χ3v) is 3.05. The van der Waals surface area contributed by atoms with Gasteiger partial charge in [0.05, 0.1) is 12.2 Å². The molecule has 0 radical (unpaired) electrons. The van der Waals surface area contributed by atoms with E-state index in [4.69, 9.17) is 11.6 Å².